The first-order valence-corrected chi connectivity index (χ1v) is 5.21. The summed E-state index contributed by atoms with van der Waals surface area (Å²) < 4.78 is 6.58. The third kappa shape index (κ3) is 2.45. The fourth-order valence-corrected chi connectivity index (χ4v) is 1.97. The van der Waals surface area contributed by atoms with Gasteiger partial charge in [-0.1, -0.05) is 13.8 Å². The fraction of sp³-hybridized carbons (Fsp3) is 0.857. The van der Waals surface area contributed by atoms with Gasteiger partial charge < -0.3 is 4.74 Å². The molecule has 0 aromatic rings. The molecule has 0 aliphatic carbocycles. The van der Waals surface area contributed by atoms with Crippen LogP contribution < -0.4 is 0 Å². The van der Waals surface area contributed by atoms with Gasteiger partial charge in [-0.3, -0.25) is 0 Å². The van der Waals surface area contributed by atoms with Gasteiger partial charge in [0.15, 0.2) is 0 Å². The number of rotatable bonds is 3. The van der Waals surface area contributed by atoms with E-state index in [1.807, 2.05) is 13.8 Å². The van der Waals surface area contributed by atoms with E-state index in [1.165, 1.54) is 11.9 Å². The molecule has 0 saturated carbocycles. The van der Waals surface area contributed by atoms with Crippen molar-refractivity contribution in [2.24, 2.45) is 0 Å². The predicted molar refractivity (Wildman–Crippen MR) is 50.4 cm³/mol. The molecule has 0 bridgehead atoms. The molecule has 1 aliphatic rings. The van der Waals surface area contributed by atoms with Crippen LogP contribution in [0.2, 0.25) is 0 Å². The molecule has 0 radical (unpaired) electrons. The minimum absolute atomic E-state index is 0.134. The summed E-state index contributed by atoms with van der Waals surface area (Å²) in [6.45, 7) is 4.67. The summed E-state index contributed by atoms with van der Waals surface area (Å²) in [6, 6.07) is 0. The molecule has 3 nitrogen and oxygen atoms in total. The van der Waals surface area contributed by atoms with Gasteiger partial charge in [0.2, 0.25) is 0 Å². The van der Waals surface area contributed by atoms with Crippen molar-refractivity contribution in [2.75, 3.05) is 12.4 Å². The van der Waals surface area contributed by atoms with Crippen molar-refractivity contribution in [3.05, 3.63) is 0 Å². The molecule has 5 heteroatoms. The van der Waals surface area contributed by atoms with Crippen LogP contribution in [0.1, 0.15) is 13.8 Å². The molecule has 1 rings (SSSR count). The first-order valence-electron chi connectivity index (χ1n) is 3.84. The van der Waals surface area contributed by atoms with Crippen molar-refractivity contribution < 1.29 is 9.53 Å². The number of amides is 1. The van der Waals surface area contributed by atoms with Crippen molar-refractivity contribution in [1.82, 2.24) is 4.31 Å². The standard InChI is InChI=1S/C7H12ClNO2S/c1-5(2)12-9-4-6(3-8)11-7(9)10/h5-6H,3-4H2,1-2H3. The highest BCUT2D eigenvalue weighted by Gasteiger charge is 2.31. The van der Waals surface area contributed by atoms with E-state index in [0.717, 1.165) is 0 Å². The van der Waals surface area contributed by atoms with Crippen LogP contribution in [0, 0.1) is 0 Å². The molecule has 70 valence electrons. The van der Waals surface area contributed by atoms with Crippen molar-refractivity contribution in [3.8, 4) is 0 Å². The lowest BCUT2D eigenvalue weighted by Gasteiger charge is -2.13. The van der Waals surface area contributed by atoms with Crippen LogP contribution in [0.3, 0.4) is 0 Å². The van der Waals surface area contributed by atoms with E-state index in [1.54, 1.807) is 4.31 Å². The molecule has 1 saturated heterocycles. The lowest BCUT2D eigenvalue weighted by Crippen LogP contribution is -2.19. The molecule has 1 amide bonds. The largest absolute Gasteiger partial charge is 0.442 e. The van der Waals surface area contributed by atoms with Crippen LogP contribution in [0.15, 0.2) is 0 Å². The maximum absolute atomic E-state index is 11.1. The highest BCUT2D eigenvalue weighted by atomic mass is 35.5. The van der Waals surface area contributed by atoms with Gasteiger partial charge >= 0.3 is 6.09 Å². The van der Waals surface area contributed by atoms with E-state index < -0.39 is 0 Å². The number of carbonyl (C=O) groups is 1. The summed E-state index contributed by atoms with van der Waals surface area (Å²) >= 11 is 7.05. The minimum Gasteiger partial charge on any atom is -0.442 e. The molecule has 1 heterocycles. The molecule has 1 atom stereocenters. The normalized spacial score (nSPS) is 23.5. The zero-order valence-corrected chi connectivity index (χ0v) is 8.69. The smallest absolute Gasteiger partial charge is 0.420 e. The average Bonchev–Trinajstić information content (AvgIpc) is 2.31. The van der Waals surface area contributed by atoms with Crippen molar-refractivity contribution >= 4 is 29.6 Å². The number of ether oxygens (including phenoxy) is 1. The Labute approximate surface area is 81.5 Å². The highest BCUT2D eigenvalue weighted by molar-refractivity contribution is 7.98. The summed E-state index contributed by atoms with van der Waals surface area (Å²) in [5.74, 6) is 0.376. The van der Waals surface area contributed by atoms with Crippen LogP contribution in [0.25, 0.3) is 0 Å². The number of nitrogens with zero attached hydrogens (tertiary/aromatic N) is 1. The lowest BCUT2D eigenvalue weighted by atomic mass is 10.4. The van der Waals surface area contributed by atoms with E-state index in [9.17, 15) is 4.79 Å². The average molecular weight is 210 g/mol. The maximum Gasteiger partial charge on any atom is 0.420 e. The molecular formula is C7H12ClNO2S. The van der Waals surface area contributed by atoms with Crippen LogP contribution >= 0.6 is 23.5 Å². The van der Waals surface area contributed by atoms with Crippen LogP contribution in [0.4, 0.5) is 4.79 Å². The zero-order valence-electron chi connectivity index (χ0n) is 7.12. The van der Waals surface area contributed by atoms with E-state index in [2.05, 4.69) is 0 Å². The van der Waals surface area contributed by atoms with Gasteiger partial charge in [-0.2, -0.15) is 0 Å². The minimum atomic E-state index is -0.264. The predicted octanol–water partition coefficient (Wildman–Crippen LogP) is 2.10. The molecule has 1 fully saturated rings. The summed E-state index contributed by atoms with van der Waals surface area (Å²) in [5.41, 5.74) is 0. The van der Waals surface area contributed by atoms with Crippen molar-refractivity contribution in [3.63, 3.8) is 0 Å². The number of halogens is 1. The fourth-order valence-electron chi connectivity index (χ4n) is 0.919. The van der Waals surface area contributed by atoms with Crippen molar-refractivity contribution in [1.29, 1.82) is 0 Å². The second-order valence-electron chi connectivity index (χ2n) is 2.88. The third-order valence-corrected chi connectivity index (χ3v) is 2.67. The number of hydrogen-bond acceptors (Lipinski definition) is 3. The lowest BCUT2D eigenvalue weighted by molar-refractivity contribution is 0.146. The van der Waals surface area contributed by atoms with Crippen molar-refractivity contribution in [2.45, 2.75) is 25.2 Å². The number of cyclic esters (lactones) is 1. The maximum atomic E-state index is 11.1. The van der Waals surface area contributed by atoms with Gasteiger partial charge in [0.05, 0.1) is 12.4 Å². The Morgan fingerprint density at radius 3 is 2.92 bits per heavy atom. The molecule has 1 unspecified atom stereocenters. The second kappa shape index (κ2) is 4.23. The molecule has 12 heavy (non-hydrogen) atoms. The first-order chi connectivity index (χ1) is 5.63. The second-order valence-corrected chi connectivity index (χ2v) is 4.78. The van der Waals surface area contributed by atoms with Gasteiger partial charge in [0.1, 0.15) is 6.10 Å². The molecule has 0 aromatic carbocycles. The van der Waals surface area contributed by atoms with E-state index in [0.29, 0.717) is 17.7 Å². The van der Waals surface area contributed by atoms with E-state index in [-0.39, 0.29) is 12.2 Å². The van der Waals surface area contributed by atoms with E-state index in [4.69, 9.17) is 16.3 Å². The quantitative estimate of drug-likeness (QED) is 0.527. The van der Waals surface area contributed by atoms with Crippen LogP contribution in [-0.2, 0) is 4.74 Å². The Kier molecular flexibility index (Phi) is 3.53. The van der Waals surface area contributed by atoms with Gasteiger partial charge in [-0.15, -0.1) is 11.6 Å². The summed E-state index contributed by atoms with van der Waals surface area (Å²) in [6.07, 6.45) is -0.398. The molecule has 0 aromatic heterocycles. The topological polar surface area (TPSA) is 29.5 Å². The molecule has 1 aliphatic heterocycles. The summed E-state index contributed by atoms with van der Waals surface area (Å²) in [5, 5.41) is 0.395. The van der Waals surface area contributed by atoms with Gasteiger partial charge in [0, 0.05) is 5.25 Å². The first kappa shape index (κ1) is 9.99. The van der Waals surface area contributed by atoms with Crippen LogP contribution in [-0.4, -0.2) is 34.2 Å². The monoisotopic (exact) mass is 209 g/mol. The zero-order chi connectivity index (χ0) is 9.14. The van der Waals surface area contributed by atoms with Gasteiger partial charge in [0.25, 0.3) is 0 Å². The Balaban J connectivity index is 2.41. The highest BCUT2D eigenvalue weighted by Crippen LogP contribution is 2.24. The summed E-state index contributed by atoms with van der Waals surface area (Å²) in [4.78, 5) is 11.1. The molecule has 0 N–H and O–H groups in total. The Bertz CT molecular complexity index is 177. The van der Waals surface area contributed by atoms with Crippen LogP contribution in [0.5, 0.6) is 0 Å². The Morgan fingerprint density at radius 2 is 2.50 bits per heavy atom. The van der Waals surface area contributed by atoms with E-state index >= 15 is 0 Å². The number of carbonyl (C=O) groups excluding carboxylic acids is 1. The molecule has 0 spiro atoms. The Morgan fingerprint density at radius 1 is 1.83 bits per heavy atom. The Hall–Kier alpha value is -0.0900. The number of alkyl halides is 1. The summed E-state index contributed by atoms with van der Waals surface area (Å²) in [7, 11) is 0. The van der Waals surface area contributed by atoms with Gasteiger partial charge in [-0.05, 0) is 11.9 Å². The number of hydrogen-bond donors (Lipinski definition) is 0. The van der Waals surface area contributed by atoms with Gasteiger partial charge in [-0.25, -0.2) is 9.10 Å². The molecular weight excluding hydrogens is 198 g/mol. The third-order valence-electron chi connectivity index (χ3n) is 1.35. The SMILES string of the molecule is CC(C)SN1CC(CCl)OC1=O.